The Labute approximate surface area is 155 Å². The number of carbonyl (C=O) groups is 2. The first-order chi connectivity index (χ1) is 13.1. The van der Waals surface area contributed by atoms with E-state index in [1.54, 1.807) is 37.3 Å². The van der Waals surface area contributed by atoms with Crippen LogP contribution >= 0.6 is 0 Å². The first kappa shape index (κ1) is 18.2. The molecule has 0 fully saturated rings. The third kappa shape index (κ3) is 4.14. The van der Waals surface area contributed by atoms with E-state index in [1.807, 2.05) is 30.3 Å². The van der Waals surface area contributed by atoms with Gasteiger partial charge in [-0.1, -0.05) is 60.7 Å². The Balaban J connectivity index is 2.01. The van der Waals surface area contributed by atoms with Crippen molar-refractivity contribution in [2.24, 2.45) is 0 Å². The molecule has 0 bridgehead atoms. The molecule has 2 aromatic carbocycles. The molecule has 7 nitrogen and oxygen atoms in total. The summed E-state index contributed by atoms with van der Waals surface area (Å²) in [7, 11) is 0. The molecule has 0 radical (unpaired) electrons. The van der Waals surface area contributed by atoms with Crippen LogP contribution in [0, 0.1) is 0 Å². The molecule has 1 amide bonds. The van der Waals surface area contributed by atoms with Gasteiger partial charge in [-0.2, -0.15) is 4.68 Å². The van der Waals surface area contributed by atoms with Crippen molar-refractivity contribution in [2.45, 2.75) is 13.5 Å². The first-order valence-corrected chi connectivity index (χ1v) is 8.49. The zero-order chi connectivity index (χ0) is 19.2. The van der Waals surface area contributed by atoms with E-state index in [0.717, 1.165) is 10.2 Å². The van der Waals surface area contributed by atoms with Crippen LogP contribution in [0.25, 0.3) is 0 Å². The van der Waals surface area contributed by atoms with Gasteiger partial charge >= 0.3 is 11.8 Å². The number of imidazole rings is 1. The molecule has 1 aromatic heterocycles. The van der Waals surface area contributed by atoms with Gasteiger partial charge in [0.2, 0.25) is 5.78 Å². The van der Waals surface area contributed by atoms with Crippen molar-refractivity contribution in [1.82, 2.24) is 9.24 Å². The monoisotopic (exact) mass is 365 g/mol. The third-order valence-corrected chi connectivity index (χ3v) is 3.90. The smallest absolute Gasteiger partial charge is 0.426 e. The van der Waals surface area contributed by atoms with E-state index in [4.69, 9.17) is 4.74 Å². The van der Waals surface area contributed by atoms with Gasteiger partial charge in [-0.15, -0.1) is 0 Å². The lowest BCUT2D eigenvalue weighted by atomic mass is 10.1. The van der Waals surface area contributed by atoms with Crippen molar-refractivity contribution in [3.63, 3.8) is 0 Å². The number of carbonyl (C=O) groups excluding carboxylic acids is 2. The van der Waals surface area contributed by atoms with Gasteiger partial charge < -0.3 is 4.74 Å². The molecule has 0 saturated heterocycles. The molecular weight excluding hydrogens is 346 g/mol. The maximum absolute atomic E-state index is 12.9. The van der Waals surface area contributed by atoms with Crippen molar-refractivity contribution < 1.29 is 14.3 Å². The molecule has 0 atom stereocenters. The molecule has 1 heterocycles. The predicted molar refractivity (Wildman–Crippen MR) is 100 cm³/mol. The van der Waals surface area contributed by atoms with Crippen LogP contribution in [-0.4, -0.2) is 27.7 Å². The Kier molecular flexibility index (Phi) is 5.51. The Morgan fingerprint density at radius 1 is 1.00 bits per heavy atom. The fourth-order valence-corrected chi connectivity index (χ4v) is 2.65. The standard InChI is InChI=1S/C20H19N3O4/c1-2-27-19(25)21-23-17(18(24)16-11-7-4-8-12-16)14-22(20(23)26)13-15-9-5-3-6-10-15/h3-12,14H,2,13H2,1H3,(H,21,25). The second-order valence-electron chi connectivity index (χ2n) is 5.77. The number of benzene rings is 2. The van der Waals surface area contributed by atoms with E-state index in [9.17, 15) is 14.4 Å². The molecule has 0 unspecified atom stereocenters. The summed E-state index contributed by atoms with van der Waals surface area (Å²) in [6, 6.07) is 17.9. The highest BCUT2D eigenvalue weighted by Gasteiger charge is 2.21. The highest BCUT2D eigenvalue weighted by atomic mass is 16.6. The lowest BCUT2D eigenvalue weighted by Crippen LogP contribution is -2.36. The van der Waals surface area contributed by atoms with Gasteiger partial charge in [0.25, 0.3) is 0 Å². The second-order valence-corrected chi connectivity index (χ2v) is 5.77. The average Bonchev–Trinajstić information content (AvgIpc) is 2.99. The van der Waals surface area contributed by atoms with Gasteiger partial charge in [0.1, 0.15) is 5.69 Å². The van der Waals surface area contributed by atoms with Gasteiger partial charge in [0.05, 0.1) is 13.2 Å². The van der Waals surface area contributed by atoms with Gasteiger partial charge in [-0.3, -0.25) is 9.36 Å². The lowest BCUT2D eigenvalue weighted by molar-refractivity contribution is 0.103. The Morgan fingerprint density at radius 3 is 2.26 bits per heavy atom. The van der Waals surface area contributed by atoms with E-state index >= 15 is 0 Å². The number of ether oxygens (including phenoxy) is 1. The van der Waals surface area contributed by atoms with Crippen LogP contribution in [0.5, 0.6) is 0 Å². The van der Waals surface area contributed by atoms with Crippen molar-refractivity contribution >= 4 is 11.9 Å². The van der Waals surface area contributed by atoms with E-state index in [2.05, 4.69) is 5.43 Å². The highest BCUT2D eigenvalue weighted by molar-refractivity contribution is 6.08. The molecule has 0 aliphatic rings. The zero-order valence-electron chi connectivity index (χ0n) is 14.8. The molecule has 3 aromatic rings. The normalized spacial score (nSPS) is 10.4. The minimum Gasteiger partial charge on any atom is -0.449 e. The fourth-order valence-electron chi connectivity index (χ4n) is 2.65. The molecule has 7 heteroatoms. The number of aromatic nitrogens is 2. The van der Waals surface area contributed by atoms with Crippen molar-refractivity contribution in [1.29, 1.82) is 0 Å². The van der Waals surface area contributed by atoms with Gasteiger partial charge in [-0.25, -0.2) is 15.0 Å². The van der Waals surface area contributed by atoms with E-state index < -0.39 is 11.8 Å². The number of nitrogens with zero attached hydrogens (tertiary/aromatic N) is 2. The molecule has 138 valence electrons. The number of ketones is 1. The van der Waals surface area contributed by atoms with Crippen molar-refractivity contribution in [3.05, 3.63) is 94.2 Å². The number of rotatable bonds is 6. The molecule has 3 rings (SSSR count). The first-order valence-electron chi connectivity index (χ1n) is 8.49. The van der Waals surface area contributed by atoms with Crippen LogP contribution < -0.4 is 11.1 Å². The molecule has 0 saturated carbocycles. The number of nitrogens with one attached hydrogen (secondary N) is 1. The summed E-state index contributed by atoms with van der Waals surface area (Å²) in [5, 5.41) is 0. The SMILES string of the molecule is CCOC(=O)Nn1c(C(=O)c2ccccc2)cn(Cc2ccccc2)c1=O. The molecule has 0 spiro atoms. The quantitative estimate of drug-likeness (QED) is 0.681. The van der Waals surface area contributed by atoms with Gasteiger partial charge in [0.15, 0.2) is 0 Å². The Bertz CT molecular complexity index is 991. The largest absolute Gasteiger partial charge is 0.449 e. The van der Waals surface area contributed by atoms with Crippen molar-refractivity contribution in [2.75, 3.05) is 12.0 Å². The molecule has 27 heavy (non-hydrogen) atoms. The molecular formula is C20H19N3O4. The zero-order valence-corrected chi connectivity index (χ0v) is 14.8. The van der Waals surface area contributed by atoms with Crippen LogP contribution in [-0.2, 0) is 11.3 Å². The van der Waals surface area contributed by atoms with Crippen LogP contribution in [0.3, 0.4) is 0 Å². The Hall–Kier alpha value is -3.61. The lowest BCUT2D eigenvalue weighted by Gasteiger charge is -2.08. The van der Waals surface area contributed by atoms with Crippen molar-refractivity contribution in [3.8, 4) is 0 Å². The van der Waals surface area contributed by atoms with Crippen LogP contribution in [0.4, 0.5) is 4.79 Å². The summed E-state index contributed by atoms with van der Waals surface area (Å²) in [5.41, 5.74) is 3.16. The summed E-state index contributed by atoms with van der Waals surface area (Å²) in [4.78, 5) is 37.5. The van der Waals surface area contributed by atoms with E-state index in [0.29, 0.717) is 5.56 Å². The maximum atomic E-state index is 12.9. The average molecular weight is 365 g/mol. The second kappa shape index (κ2) is 8.18. The molecule has 1 N–H and O–H groups in total. The topological polar surface area (TPSA) is 82.3 Å². The maximum Gasteiger partial charge on any atom is 0.426 e. The Morgan fingerprint density at radius 2 is 1.63 bits per heavy atom. The molecule has 0 aliphatic heterocycles. The van der Waals surface area contributed by atoms with E-state index in [1.165, 1.54) is 10.8 Å². The van der Waals surface area contributed by atoms with Gasteiger partial charge in [-0.05, 0) is 12.5 Å². The number of hydrogen-bond donors (Lipinski definition) is 1. The van der Waals surface area contributed by atoms with Crippen LogP contribution in [0.2, 0.25) is 0 Å². The van der Waals surface area contributed by atoms with Gasteiger partial charge in [0, 0.05) is 11.8 Å². The number of hydrogen-bond acceptors (Lipinski definition) is 4. The summed E-state index contributed by atoms with van der Waals surface area (Å²) in [6.07, 6.45) is 0.635. The minimum absolute atomic E-state index is 0.0511. The summed E-state index contributed by atoms with van der Waals surface area (Å²) in [5.74, 6) is -0.378. The summed E-state index contributed by atoms with van der Waals surface area (Å²) >= 11 is 0. The summed E-state index contributed by atoms with van der Waals surface area (Å²) < 4.78 is 7.14. The summed E-state index contributed by atoms with van der Waals surface area (Å²) in [6.45, 7) is 2.07. The fraction of sp³-hybridized carbons (Fsp3) is 0.150. The third-order valence-electron chi connectivity index (χ3n) is 3.90. The minimum atomic E-state index is -0.806. The van der Waals surface area contributed by atoms with Crippen LogP contribution in [0.15, 0.2) is 71.7 Å². The molecule has 0 aliphatic carbocycles. The highest BCUT2D eigenvalue weighted by Crippen LogP contribution is 2.10. The number of amides is 1. The van der Waals surface area contributed by atoms with E-state index in [-0.39, 0.29) is 24.6 Å². The van der Waals surface area contributed by atoms with Crippen LogP contribution in [0.1, 0.15) is 28.5 Å². The predicted octanol–water partition coefficient (Wildman–Crippen LogP) is 2.63.